The molecule has 0 aliphatic rings. The van der Waals surface area contributed by atoms with E-state index in [0.717, 1.165) is 0 Å². The summed E-state index contributed by atoms with van der Waals surface area (Å²) in [6.07, 6.45) is 1.03. The number of carbonyl (C=O) groups is 1. The summed E-state index contributed by atoms with van der Waals surface area (Å²) in [5.41, 5.74) is 0. The molecule has 0 aromatic rings. The number of carboxylic acid groups (broad SMARTS) is 1. The van der Waals surface area contributed by atoms with Gasteiger partial charge in [0.15, 0.2) is 0 Å². The molecule has 0 bridgehead atoms. The summed E-state index contributed by atoms with van der Waals surface area (Å²) in [5.74, 6) is -0.619. The van der Waals surface area contributed by atoms with E-state index in [1.807, 2.05) is 13.8 Å². The molecule has 3 N–H and O–H groups in total. The van der Waals surface area contributed by atoms with Gasteiger partial charge in [-0.1, -0.05) is 13.8 Å². The first-order chi connectivity index (χ1) is 7.73. The van der Waals surface area contributed by atoms with Crippen LogP contribution in [0.2, 0.25) is 0 Å². The van der Waals surface area contributed by atoms with Gasteiger partial charge in [0, 0.05) is 19.0 Å². The van der Waals surface area contributed by atoms with Crippen molar-refractivity contribution in [2.24, 2.45) is 5.92 Å². The first-order valence-electron chi connectivity index (χ1n) is 5.71. The SMILES string of the molecule is CC(C)CNS(=O)(=O)NC(C)CCCC(=O)O. The van der Waals surface area contributed by atoms with Crippen LogP contribution in [-0.2, 0) is 15.0 Å². The lowest BCUT2D eigenvalue weighted by atomic mass is 10.1. The minimum Gasteiger partial charge on any atom is -0.481 e. The van der Waals surface area contributed by atoms with Gasteiger partial charge in [-0.05, 0) is 25.7 Å². The highest BCUT2D eigenvalue weighted by Gasteiger charge is 2.14. The summed E-state index contributed by atoms with van der Waals surface area (Å²) in [7, 11) is -3.47. The number of rotatable bonds is 9. The Morgan fingerprint density at radius 1 is 1.29 bits per heavy atom. The molecule has 0 radical (unpaired) electrons. The number of hydrogen-bond acceptors (Lipinski definition) is 3. The van der Waals surface area contributed by atoms with E-state index in [-0.39, 0.29) is 18.4 Å². The largest absolute Gasteiger partial charge is 0.481 e. The Balaban J connectivity index is 3.92. The minimum atomic E-state index is -3.47. The van der Waals surface area contributed by atoms with Crippen LogP contribution in [0.4, 0.5) is 0 Å². The Bertz CT molecular complexity index is 327. The van der Waals surface area contributed by atoms with Gasteiger partial charge in [-0.15, -0.1) is 0 Å². The zero-order chi connectivity index (χ0) is 13.5. The zero-order valence-corrected chi connectivity index (χ0v) is 11.4. The molecule has 1 atom stereocenters. The molecule has 0 fully saturated rings. The summed E-state index contributed by atoms with van der Waals surface area (Å²) < 4.78 is 27.9. The van der Waals surface area contributed by atoms with Crippen LogP contribution in [0.5, 0.6) is 0 Å². The fourth-order valence-electron chi connectivity index (χ4n) is 1.20. The molecule has 0 spiro atoms. The first kappa shape index (κ1) is 16.3. The van der Waals surface area contributed by atoms with Gasteiger partial charge in [0.05, 0.1) is 0 Å². The fraction of sp³-hybridized carbons (Fsp3) is 0.900. The van der Waals surface area contributed by atoms with Crippen LogP contribution in [0.1, 0.15) is 40.0 Å². The molecule has 0 rings (SSSR count). The Morgan fingerprint density at radius 3 is 2.35 bits per heavy atom. The highest BCUT2D eigenvalue weighted by Crippen LogP contribution is 2.01. The van der Waals surface area contributed by atoms with Gasteiger partial charge in [-0.3, -0.25) is 4.79 Å². The predicted molar refractivity (Wildman–Crippen MR) is 65.8 cm³/mol. The molecule has 0 saturated carbocycles. The van der Waals surface area contributed by atoms with Crippen LogP contribution in [0, 0.1) is 5.92 Å². The van der Waals surface area contributed by atoms with Gasteiger partial charge in [0.1, 0.15) is 0 Å². The fourth-order valence-corrected chi connectivity index (χ4v) is 2.48. The second-order valence-electron chi connectivity index (χ2n) is 4.55. The molecule has 0 aromatic carbocycles. The molecule has 0 heterocycles. The van der Waals surface area contributed by atoms with Crippen molar-refractivity contribution in [1.29, 1.82) is 0 Å². The normalized spacial score (nSPS) is 13.9. The van der Waals surface area contributed by atoms with Crippen LogP contribution < -0.4 is 9.44 Å². The Labute approximate surface area is 103 Å². The van der Waals surface area contributed by atoms with Crippen molar-refractivity contribution < 1.29 is 18.3 Å². The van der Waals surface area contributed by atoms with Crippen molar-refractivity contribution in [2.75, 3.05) is 6.54 Å². The van der Waals surface area contributed by atoms with E-state index in [0.29, 0.717) is 19.4 Å². The third-order valence-corrected chi connectivity index (χ3v) is 3.33. The monoisotopic (exact) mass is 266 g/mol. The van der Waals surface area contributed by atoms with Gasteiger partial charge in [0.2, 0.25) is 0 Å². The lowest BCUT2D eigenvalue weighted by molar-refractivity contribution is -0.137. The van der Waals surface area contributed by atoms with E-state index >= 15 is 0 Å². The summed E-state index contributed by atoms with van der Waals surface area (Å²) in [5, 5.41) is 8.45. The van der Waals surface area contributed by atoms with E-state index in [1.54, 1.807) is 6.92 Å². The lowest BCUT2D eigenvalue weighted by Gasteiger charge is -2.15. The summed E-state index contributed by atoms with van der Waals surface area (Å²) >= 11 is 0. The van der Waals surface area contributed by atoms with E-state index in [2.05, 4.69) is 9.44 Å². The van der Waals surface area contributed by atoms with Crippen LogP contribution in [0.3, 0.4) is 0 Å². The Kier molecular flexibility index (Phi) is 7.33. The highest BCUT2D eigenvalue weighted by molar-refractivity contribution is 7.87. The lowest BCUT2D eigenvalue weighted by Crippen LogP contribution is -2.42. The molecule has 0 aliphatic heterocycles. The second-order valence-corrected chi connectivity index (χ2v) is 6.08. The van der Waals surface area contributed by atoms with Crippen molar-refractivity contribution in [3.05, 3.63) is 0 Å². The van der Waals surface area contributed by atoms with Gasteiger partial charge < -0.3 is 5.11 Å². The zero-order valence-electron chi connectivity index (χ0n) is 10.6. The van der Waals surface area contributed by atoms with Gasteiger partial charge >= 0.3 is 5.97 Å². The molecule has 0 amide bonds. The summed E-state index contributed by atoms with van der Waals surface area (Å²) in [6.45, 7) is 5.94. The predicted octanol–water partition coefficient (Wildman–Crippen LogP) is 0.710. The van der Waals surface area contributed by atoms with Crippen molar-refractivity contribution in [1.82, 2.24) is 9.44 Å². The molecule has 6 nitrogen and oxygen atoms in total. The molecule has 17 heavy (non-hydrogen) atoms. The Hall–Kier alpha value is -0.660. The van der Waals surface area contributed by atoms with Crippen molar-refractivity contribution in [2.45, 2.75) is 46.1 Å². The molecule has 7 heteroatoms. The number of hydrogen-bond donors (Lipinski definition) is 3. The molecule has 0 saturated heterocycles. The second kappa shape index (κ2) is 7.62. The maximum absolute atomic E-state index is 11.5. The van der Waals surface area contributed by atoms with Crippen LogP contribution in [-0.4, -0.2) is 32.1 Å². The van der Waals surface area contributed by atoms with Crippen LogP contribution >= 0.6 is 0 Å². The van der Waals surface area contributed by atoms with E-state index in [9.17, 15) is 13.2 Å². The standard InChI is InChI=1S/C10H22N2O4S/c1-8(2)7-11-17(15,16)12-9(3)5-4-6-10(13)14/h8-9,11-12H,4-7H2,1-3H3,(H,13,14). The van der Waals surface area contributed by atoms with Crippen LogP contribution in [0.15, 0.2) is 0 Å². The van der Waals surface area contributed by atoms with Gasteiger partial charge in [-0.25, -0.2) is 4.72 Å². The topological polar surface area (TPSA) is 95.5 Å². The van der Waals surface area contributed by atoms with Crippen molar-refractivity contribution in [3.8, 4) is 0 Å². The van der Waals surface area contributed by atoms with Crippen LogP contribution in [0.25, 0.3) is 0 Å². The van der Waals surface area contributed by atoms with E-state index in [1.165, 1.54) is 0 Å². The maximum atomic E-state index is 11.5. The number of nitrogens with one attached hydrogen (secondary N) is 2. The smallest absolute Gasteiger partial charge is 0.303 e. The molecule has 102 valence electrons. The first-order valence-corrected chi connectivity index (χ1v) is 7.20. The third-order valence-electron chi connectivity index (χ3n) is 2.07. The van der Waals surface area contributed by atoms with E-state index < -0.39 is 16.2 Å². The molecular weight excluding hydrogens is 244 g/mol. The molecule has 0 aromatic heterocycles. The van der Waals surface area contributed by atoms with Gasteiger partial charge in [0.25, 0.3) is 10.2 Å². The maximum Gasteiger partial charge on any atom is 0.303 e. The van der Waals surface area contributed by atoms with Crippen molar-refractivity contribution >= 4 is 16.2 Å². The van der Waals surface area contributed by atoms with Gasteiger partial charge in [-0.2, -0.15) is 13.1 Å². The van der Waals surface area contributed by atoms with E-state index in [4.69, 9.17) is 5.11 Å². The summed E-state index contributed by atoms with van der Waals surface area (Å²) in [4.78, 5) is 10.3. The minimum absolute atomic E-state index is 0.0610. The average molecular weight is 266 g/mol. The molecule has 1 unspecified atom stereocenters. The highest BCUT2D eigenvalue weighted by atomic mass is 32.2. The number of aliphatic carboxylic acids is 1. The average Bonchev–Trinajstić information content (AvgIpc) is 2.13. The third kappa shape index (κ3) is 10.2. The molecular formula is C10H22N2O4S. The Morgan fingerprint density at radius 2 is 1.88 bits per heavy atom. The number of carboxylic acids is 1. The van der Waals surface area contributed by atoms with Crippen molar-refractivity contribution in [3.63, 3.8) is 0 Å². The quantitative estimate of drug-likeness (QED) is 0.572. The molecule has 0 aliphatic carbocycles. The summed E-state index contributed by atoms with van der Waals surface area (Å²) in [6, 6.07) is -0.265.